The van der Waals surface area contributed by atoms with Gasteiger partial charge in [0.05, 0.1) is 27.6 Å². The van der Waals surface area contributed by atoms with Gasteiger partial charge in [-0.2, -0.15) is 0 Å². The van der Waals surface area contributed by atoms with E-state index in [2.05, 4.69) is 51.1 Å². The first-order valence-corrected chi connectivity index (χ1v) is 12.0. The molecule has 166 valence electrons. The van der Waals surface area contributed by atoms with Gasteiger partial charge in [-0.05, 0) is 51.4 Å². The first kappa shape index (κ1) is 20.9. The van der Waals surface area contributed by atoms with Gasteiger partial charge in [0.15, 0.2) is 0 Å². The van der Waals surface area contributed by atoms with Crippen molar-refractivity contribution in [1.29, 1.82) is 0 Å². The fourth-order valence-electron chi connectivity index (χ4n) is 6.07. The van der Waals surface area contributed by atoms with E-state index in [1.807, 2.05) is 12.1 Å². The maximum absolute atomic E-state index is 13.9. The molecule has 0 saturated carbocycles. The van der Waals surface area contributed by atoms with E-state index in [4.69, 9.17) is 23.2 Å². The first-order chi connectivity index (χ1) is 15.7. The Morgan fingerprint density at radius 2 is 1.27 bits per heavy atom. The Kier molecular flexibility index (Phi) is 4.41. The Morgan fingerprint density at radius 3 is 1.85 bits per heavy atom. The van der Waals surface area contributed by atoms with Crippen LogP contribution in [0.4, 0.5) is 5.69 Å². The minimum atomic E-state index is -0.422. The van der Waals surface area contributed by atoms with Crippen LogP contribution in [0.1, 0.15) is 60.4 Å². The SMILES string of the molecule is CC(C)(C)c1ccc2c(c1)[C@@H]1c3ccccc3[C@@H]2[C@@H]2C(=O)N(c3ccc(Cl)c(Cl)c3)C(=O)[C@H]12. The van der Waals surface area contributed by atoms with Gasteiger partial charge in [-0.15, -0.1) is 0 Å². The maximum atomic E-state index is 13.9. The molecule has 2 amide bonds. The molecule has 7 rings (SSSR count). The number of hydrogen-bond donors (Lipinski definition) is 0. The van der Waals surface area contributed by atoms with E-state index >= 15 is 0 Å². The predicted molar refractivity (Wildman–Crippen MR) is 131 cm³/mol. The molecule has 1 saturated heterocycles. The highest BCUT2D eigenvalue weighted by molar-refractivity contribution is 6.42. The fourth-order valence-corrected chi connectivity index (χ4v) is 6.36. The van der Waals surface area contributed by atoms with Gasteiger partial charge in [-0.3, -0.25) is 9.59 Å². The van der Waals surface area contributed by atoms with Crippen molar-refractivity contribution >= 4 is 40.7 Å². The lowest BCUT2D eigenvalue weighted by atomic mass is 9.54. The number of carbonyl (C=O) groups excluding carboxylic acids is 2. The van der Waals surface area contributed by atoms with Gasteiger partial charge in [0, 0.05) is 11.8 Å². The summed E-state index contributed by atoms with van der Waals surface area (Å²) in [4.78, 5) is 29.0. The van der Waals surface area contributed by atoms with Gasteiger partial charge in [0.2, 0.25) is 11.8 Å². The van der Waals surface area contributed by atoms with Gasteiger partial charge in [0.1, 0.15) is 0 Å². The number of benzene rings is 3. The third kappa shape index (κ3) is 2.82. The summed E-state index contributed by atoms with van der Waals surface area (Å²) in [6.07, 6.45) is 0. The molecule has 3 aromatic rings. The van der Waals surface area contributed by atoms with Crippen LogP contribution in [0.3, 0.4) is 0 Å². The quantitative estimate of drug-likeness (QED) is 0.367. The highest BCUT2D eigenvalue weighted by atomic mass is 35.5. The van der Waals surface area contributed by atoms with Crippen LogP contribution in [-0.4, -0.2) is 11.8 Å². The molecule has 1 heterocycles. The first-order valence-electron chi connectivity index (χ1n) is 11.2. The summed E-state index contributed by atoms with van der Waals surface area (Å²) in [6, 6.07) is 19.8. The van der Waals surface area contributed by atoms with Crippen molar-refractivity contribution in [2.75, 3.05) is 4.90 Å². The lowest BCUT2D eigenvalue weighted by Gasteiger charge is -2.46. The molecule has 4 atom stereocenters. The van der Waals surface area contributed by atoms with Crippen LogP contribution in [0.15, 0.2) is 60.7 Å². The molecule has 0 aromatic heterocycles. The minimum Gasteiger partial charge on any atom is -0.274 e. The van der Waals surface area contributed by atoms with Crippen molar-refractivity contribution in [3.05, 3.63) is 98.5 Å². The second-order valence-corrected chi connectivity index (χ2v) is 11.2. The van der Waals surface area contributed by atoms with Gasteiger partial charge in [-0.1, -0.05) is 86.4 Å². The van der Waals surface area contributed by atoms with Crippen LogP contribution < -0.4 is 4.90 Å². The molecule has 4 aliphatic rings. The van der Waals surface area contributed by atoms with Crippen molar-refractivity contribution in [2.24, 2.45) is 11.8 Å². The number of halogens is 2. The van der Waals surface area contributed by atoms with Crippen LogP contribution in [-0.2, 0) is 15.0 Å². The zero-order valence-electron chi connectivity index (χ0n) is 18.6. The average molecular weight is 476 g/mol. The molecular formula is C28H23Cl2NO2. The molecule has 3 nitrogen and oxygen atoms in total. The molecule has 1 fully saturated rings. The number of imide groups is 1. The van der Waals surface area contributed by atoms with Crippen molar-refractivity contribution < 1.29 is 9.59 Å². The standard InChI is InChI=1S/C28H23Cl2NO2/c1-28(2,3)14-8-10-18-19(12-14)23-17-7-5-4-6-16(17)22(18)24-25(23)27(33)31(26(24)32)15-9-11-20(29)21(30)13-15/h4-13,22-25H,1-3H3/t22-,23-,24-,25+/m0/s1. The zero-order valence-corrected chi connectivity index (χ0v) is 20.1. The maximum Gasteiger partial charge on any atom is 0.238 e. The Balaban J connectivity index is 1.55. The van der Waals surface area contributed by atoms with Crippen molar-refractivity contribution in [2.45, 2.75) is 38.0 Å². The summed E-state index contributed by atoms with van der Waals surface area (Å²) in [5.74, 6) is -1.42. The Labute approximate surface area is 203 Å². The molecule has 0 N–H and O–H groups in total. The van der Waals surface area contributed by atoms with E-state index in [1.54, 1.807) is 18.2 Å². The van der Waals surface area contributed by atoms with Crippen LogP contribution in [0.25, 0.3) is 0 Å². The van der Waals surface area contributed by atoms with Crippen LogP contribution in [0.5, 0.6) is 0 Å². The number of hydrogen-bond acceptors (Lipinski definition) is 2. The molecule has 3 aliphatic carbocycles. The highest BCUT2D eigenvalue weighted by Gasteiger charge is 2.61. The molecule has 33 heavy (non-hydrogen) atoms. The monoisotopic (exact) mass is 475 g/mol. The van der Waals surface area contributed by atoms with E-state index in [0.29, 0.717) is 15.7 Å². The third-order valence-electron chi connectivity index (χ3n) is 7.57. The van der Waals surface area contributed by atoms with E-state index in [1.165, 1.54) is 27.2 Å². The second-order valence-electron chi connectivity index (χ2n) is 10.3. The van der Waals surface area contributed by atoms with Crippen LogP contribution >= 0.6 is 23.2 Å². The Morgan fingerprint density at radius 1 is 0.697 bits per heavy atom. The van der Waals surface area contributed by atoms with Crippen molar-refractivity contribution in [3.8, 4) is 0 Å². The molecule has 2 bridgehead atoms. The lowest BCUT2D eigenvalue weighted by molar-refractivity contribution is -0.122. The Bertz CT molecular complexity index is 1360. The second kappa shape index (κ2) is 6.94. The average Bonchev–Trinajstić information content (AvgIpc) is 3.05. The summed E-state index contributed by atoms with van der Waals surface area (Å²) in [6.45, 7) is 6.59. The summed E-state index contributed by atoms with van der Waals surface area (Å²) in [5, 5.41) is 0.723. The summed E-state index contributed by atoms with van der Waals surface area (Å²) in [7, 11) is 0. The summed E-state index contributed by atoms with van der Waals surface area (Å²) in [5.41, 5.74) is 6.40. The molecule has 0 spiro atoms. The third-order valence-corrected chi connectivity index (χ3v) is 8.31. The van der Waals surface area contributed by atoms with E-state index < -0.39 is 11.8 Å². The molecule has 0 radical (unpaired) electrons. The summed E-state index contributed by atoms with van der Waals surface area (Å²) >= 11 is 12.3. The Hall–Kier alpha value is -2.62. The molecular weight excluding hydrogens is 453 g/mol. The van der Waals surface area contributed by atoms with Crippen LogP contribution in [0.2, 0.25) is 10.0 Å². The van der Waals surface area contributed by atoms with E-state index in [0.717, 1.165) is 5.56 Å². The topological polar surface area (TPSA) is 37.4 Å². The molecule has 1 aliphatic heterocycles. The van der Waals surface area contributed by atoms with Crippen molar-refractivity contribution in [3.63, 3.8) is 0 Å². The van der Waals surface area contributed by atoms with Crippen LogP contribution in [0, 0.1) is 11.8 Å². The number of amides is 2. The number of anilines is 1. The smallest absolute Gasteiger partial charge is 0.238 e. The van der Waals surface area contributed by atoms with Gasteiger partial charge < -0.3 is 0 Å². The highest BCUT2D eigenvalue weighted by Crippen LogP contribution is 2.61. The number of carbonyl (C=O) groups is 2. The fraction of sp³-hybridized carbons (Fsp3) is 0.286. The van der Waals surface area contributed by atoms with E-state index in [9.17, 15) is 9.59 Å². The minimum absolute atomic E-state index is 0.00770. The molecule has 5 heteroatoms. The summed E-state index contributed by atoms with van der Waals surface area (Å²) < 4.78 is 0. The predicted octanol–water partition coefficient (Wildman–Crippen LogP) is 6.69. The van der Waals surface area contributed by atoms with Gasteiger partial charge in [0.25, 0.3) is 0 Å². The largest absolute Gasteiger partial charge is 0.274 e. The van der Waals surface area contributed by atoms with E-state index in [-0.39, 0.29) is 29.1 Å². The lowest BCUT2D eigenvalue weighted by Crippen LogP contribution is -2.41. The molecule has 3 aromatic carbocycles. The molecule has 0 unspecified atom stereocenters. The number of rotatable bonds is 1. The van der Waals surface area contributed by atoms with Crippen molar-refractivity contribution in [1.82, 2.24) is 0 Å². The number of nitrogens with zero attached hydrogens (tertiary/aromatic N) is 1. The normalized spacial score (nSPS) is 25.2. The van der Waals surface area contributed by atoms with Gasteiger partial charge >= 0.3 is 0 Å². The van der Waals surface area contributed by atoms with Gasteiger partial charge in [-0.25, -0.2) is 4.90 Å². The zero-order chi connectivity index (χ0) is 23.2.